The molecule has 1 amide bonds. The smallest absolute Gasteiger partial charge is 0.227 e. The van der Waals surface area contributed by atoms with Crippen LogP contribution in [0, 0.1) is 0 Å². The molecule has 0 aliphatic carbocycles. The number of anilines is 1. The second-order valence-electron chi connectivity index (χ2n) is 6.88. The number of rotatable bonds is 4. The van der Waals surface area contributed by atoms with E-state index in [1.54, 1.807) is 0 Å². The Morgan fingerprint density at radius 1 is 1.00 bits per heavy atom. The zero-order valence-electron chi connectivity index (χ0n) is 14.9. The lowest BCUT2D eigenvalue weighted by Gasteiger charge is -2.37. The fraction of sp³-hybridized carbons (Fsp3) is 0.381. The molecule has 1 fully saturated rings. The minimum atomic E-state index is 0.194. The number of nitrogens with zero attached hydrogens (tertiary/aromatic N) is 2. The van der Waals surface area contributed by atoms with Crippen LogP contribution in [-0.4, -0.2) is 37.0 Å². The van der Waals surface area contributed by atoms with Crippen molar-refractivity contribution < 1.29 is 4.79 Å². The van der Waals surface area contributed by atoms with Crippen LogP contribution in [0.15, 0.2) is 48.5 Å². The summed E-state index contributed by atoms with van der Waals surface area (Å²) in [6.45, 7) is 7.78. The molecule has 2 aromatic carbocycles. The van der Waals surface area contributed by atoms with Gasteiger partial charge in [0, 0.05) is 36.9 Å². The highest BCUT2D eigenvalue weighted by Crippen LogP contribution is 2.28. The maximum atomic E-state index is 12.5. The van der Waals surface area contributed by atoms with Gasteiger partial charge in [-0.3, -0.25) is 4.79 Å². The van der Waals surface area contributed by atoms with Crippen LogP contribution < -0.4 is 4.90 Å². The van der Waals surface area contributed by atoms with Gasteiger partial charge in [0.25, 0.3) is 0 Å². The number of carbonyl (C=O) groups excluding carboxylic acids is 1. The van der Waals surface area contributed by atoms with Gasteiger partial charge in [0.05, 0.1) is 6.42 Å². The van der Waals surface area contributed by atoms with Gasteiger partial charge in [0.15, 0.2) is 0 Å². The number of para-hydroxylation sites is 1. The summed E-state index contributed by atoms with van der Waals surface area (Å²) in [7, 11) is 0. The van der Waals surface area contributed by atoms with Crippen LogP contribution in [0.5, 0.6) is 0 Å². The van der Waals surface area contributed by atoms with Gasteiger partial charge in [0.1, 0.15) is 0 Å². The molecule has 0 spiro atoms. The fourth-order valence-electron chi connectivity index (χ4n) is 3.35. The van der Waals surface area contributed by atoms with E-state index < -0.39 is 0 Å². The van der Waals surface area contributed by atoms with Crippen molar-refractivity contribution in [3.63, 3.8) is 0 Å². The Hall–Kier alpha value is -2.00. The lowest BCUT2D eigenvalue weighted by atomic mass is 10.00. The normalized spacial score (nSPS) is 14.9. The van der Waals surface area contributed by atoms with E-state index in [0.29, 0.717) is 17.4 Å². The van der Waals surface area contributed by atoms with E-state index in [1.807, 2.05) is 29.2 Å². The van der Waals surface area contributed by atoms with Crippen LogP contribution in [0.2, 0.25) is 5.02 Å². The molecule has 0 radical (unpaired) electrons. The Kier molecular flexibility index (Phi) is 5.64. The number of piperazine rings is 1. The quantitative estimate of drug-likeness (QED) is 0.812. The van der Waals surface area contributed by atoms with Crippen molar-refractivity contribution >= 4 is 23.2 Å². The summed E-state index contributed by atoms with van der Waals surface area (Å²) in [4.78, 5) is 16.9. The minimum Gasteiger partial charge on any atom is -0.368 e. The van der Waals surface area contributed by atoms with E-state index in [2.05, 4.69) is 43.0 Å². The maximum Gasteiger partial charge on any atom is 0.227 e. The Morgan fingerprint density at radius 2 is 1.64 bits per heavy atom. The molecule has 1 saturated heterocycles. The summed E-state index contributed by atoms with van der Waals surface area (Å²) in [5, 5.41) is 0.702. The summed E-state index contributed by atoms with van der Waals surface area (Å²) < 4.78 is 0. The molecule has 0 bridgehead atoms. The molecule has 2 aromatic rings. The summed E-state index contributed by atoms with van der Waals surface area (Å²) in [6, 6.07) is 16.1. The molecule has 3 rings (SSSR count). The van der Waals surface area contributed by atoms with Crippen LogP contribution in [0.25, 0.3) is 0 Å². The summed E-state index contributed by atoms with van der Waals surface area (Å²) in [5.41, 5.74) is 3.70. The highest BCUT2D eigenvalue weighted by atomic mass is 35.5. The first-order valence-electron chi connectivity index (χ1n) is 8.90. The number of carbonyl (C=O) groups is 1. The first-order valence-corrected chi connectivity index (χ1v) is 9.28. The molecule has 3 nitrogen and oxygen atoms in total. The minimum absolute atomic E-state index is 0.194. The molecule has 132 valence electrons. The topological polar surface area (TPSA) is 23.6 Å². The second kappa shape index (κ2) is 7.92. The standard InChI is InChI=1S/C21H25ClN2O/c1-16(2)19-5-3-4-6-20(19)23-11-13-24(14-12-23)21(25)15-17-7-9-18(22)10-8-17/h3-10,16H,11-15H2,1-2H3. The second-order valence-corrected chi connectivity index (χ2v) is 7.32. The van der Waals surface area contributed by atoms with Crippen molar-refractivity contribution in [1.29, 1.82) is 0 Å². The predicted octanol–water partition coefficient (Wildman–Crippen LogP) is 4.35. The molecular formula is C21H25ClN2O. The van der Waals surface area contributed by atoms with Gasteiger partial charge in [0.2, 0.25) is 5.91 Å². The van der Waals surface area contributed by atoms with Crippen molar-refractivity contribution in [2.45, 2.75) is 26.2 Å². The van der Waals surface area contributed by atoms with Gasteiger partial charge >= 0.3 is 0 Å². The third-order valence-electron chi connectivity index (χ3n) is 4.80. The fourth-order valence-corrected chi connectivity index (χ4v) is 3.48. The molecule has 4 heteroatoms. The molecule has 0 N–H and O–H groups in total. The first kappa shape index (κ1) is 17.8. The Labute approximate surface area is 155 Å². The van der Waals surface area contributed by atoms with E-state index in [4.69, 9.17) is 11.6 Å². The molecule has 0 atom stereocenters. The Balaban J connectivity index is 1.60. The summed E-state index contributed by atoms with van der Waals surface area (Å²) in [5.74, 6) is 0.694. The van der Waals surface area contributed by atoms with Crippen LogP contribution >= 0.6 is 11.6 Å². The number of amides is 1. The molecule has 1 aliphatic rings. The molecule has 25 heavy (non-hydrogen) atoms. The SMILES string of the molecule is CC(C)c1ccccc1N1CCN(C(=O)Cc2ccc(Cl)cc2)CC1. The molecular weight excluding hydrogens is 332 g/mol. The van der Waals surface area contributed by atoms with E-state index in [1.165, 1.54) is 11.3 Å². The van der Waals surface area contributed by atoms with E-state index >= 15 is 0 Å². The van der Waals surface area contributed by atoms with E-state index in [0.717, 1.165) is 31.7 Å². The largest absolute Gasteiger partial charge is 0.368 e. The van der Waals surface area contributed by atoms with Crippen molar-refractivity contribution in [1.82, 2.24) is 4.90 Å². The molecule has 0 unspecified atom stereocenters. The van der Waals surface area contributed by atoms with Crippen LogP contribution in [0.1, 0.15) is 30.9 Å². The summed E-state index contributed by atoms with van der Waals surface area (Å²) >= 11 is 5.91. The third kappa shape index (κ3) is 4.35. The number of benzene rings is 2. The van der Waals surface area contributed by atoms with Gasteiger partial charge < -0.3 is 9.80 Å². The van der Waals surface area contributed by atoms with Gasteiger partial charge in [-0.15, -0.1) is 0 Å². The van der Waals surface area contributed by atoms with Gasteiger partial charge in [-0.25, -0.2) is 0 Å². The first-order chi connectivity index (χ1) is 12.0. The maximum absolute atomic E-state index is 12.5. The van der Waals surface area contributed by atoms with Gasteiger partial charge in [-0.2, -0.15) is 0 Å². The molecule has 1 heterocycles. The lowest BCUT2D eigenvalue weighted by molar-refractivity contribution is -0.130. The average Bonchev–Trinajstić information content (AvgIpc) is 2.63. The van der Waals surface area contributed by atoms with Crippen molar-refractivity contribution in [3.8, 4) is 0 Å². The van der Waals surface area contributed by atoms with Crippen LogP contribution in [0.4, 0.5) is 5.69 Å². The van der Waals surface area contributed by atoms with E-state index in [-0.39, 0.29) is 5.91 Å². The highest BCUT2D eigenvalue weighted by molar-refractivity contribution is 6.30. The molecule has 1 aliphatic heterocycles. The number of hydrogen-bond acceptors (Lipinski definition) is 2. The number of hydrogen-bond donors (Lipinski definition) is 0. The average molecular weight is 357 g/mol. The van der Waals surface area contributed by atoms with Crippen LogP contribution in [-0.2, 0) is 11.2 Å². The van der Waals surface area contributed by atoms with Crippen LogP contribution in [0.3, 0.4) is 0 Å². The third-order valence-corrected chi connectivity index (χ3v) is 5.05. The Bertz CT molecular complexity index is 719. The predicted molar refractivity (Wildman–Crippen MR) is 104 cm³/mol. The van der Waals surface area contributed by atoms with E-state index in [9.17, 15) is 4.79 Å². The number of halogens is 1. The lowest BCUT2D eigenvalue weighted by Crippen LogP contribution is -2.49. The van der Waals surface area contributed by atoms with Crippen molar-refractivity contribution in [2.24, 2.45) is 0 Å². The van der Waals surface area contributed by atoms with Gasteiger partial charge in [-0.05, 0) is 35.2 Å². The zero-order valence-corrected chi connectivity index (χ0v) is 15.7. The summed E-state index contributed by atoms with van der Waals surface area (Å²) in [6.07, 6.45) is 0.444. The van der Waals surface area contributed by atoms with Crippen molar-refractivity contribution in [2.75, 3.05) is 31.1 Å². The van der Waals surface area contributed by atoms with Crippen molar-refractivity contribution in [3.05, 3.63) is 64.7 Å². The van der Waals surface area contributed by atoms with Gasteiger partial charge in [-0.1, -0.05) is 55.8 Å². The highest BCUT2D eigenvalue weighted by Gasteiger charge is 2.23. The monoisotopic (exact) mass is 356 g/mol. The zero-order chi connectivity index (χ0) is 17.8. The molecule has 0 saturated carbocycles. The Morgan fingerprint density at radius 3 is 2.28 bits per heavy atom. The molecule has 0 aromatic heterocycles.